The van der Waals surface area contributed by atoms with Crippen molar-refractivity contribution in [2.75, 3.05) is 14.1 Å². The van der Waals surface area contributed by atoms with E-state index in [0.717, 1.165) is 17.0 Å². The summed E-state index contributed by atoms with van der Waals surface area (Å²) in [4.78, 5) is 2.09. The van der Waals surface area contributed by atoms with Crippen LogP contribution in [0.15, 0.2) is 48.5 Å². The molecule has 2 aromatic carbocycles. The molecule has 0 unspecified atom stereocenters. The summed E-state index contributed by atoms with van der Waals surface area (Å²) in [6.07, 6.45) is 4.08. The fraction of sp³-hybridized carbons (Fsp3) is 0.348. The van der Waals surface area contributed by atoms with Crippen molar-refractivity contribution in [1.82, 2.24) is 25.1 Å². The summed E-state index contributed by atoms with van der Waals surface area (Å²) >= 11 is 18.5. The molecule has 2 atom stereocenters. The summed E-state index contributed by atoms with van der Waals surface area (Å²) in [5.41, 5.74) is 1.79. The number of tetrazole rings is 1. The van der Waals surface area contributed by atoms with Gasteiger partial charge in [-0.15, -0.1) is 5.10 Å². The maximum Gasteiger partial charge on any atom is 0.173 e. The Kier molecular flexibility index (Phi) is 7.43. The average Bonchev–Trinajstić information content (AvgIpc) is 3.12. The van der Waals surface area contributed by atoms with Gasteiger partial charge < -0.3 is 0 Å². The van der Waals surface area contributed by atoms with Crippen LogP contribution in [0.3, 0.4) is 0 Å². The zero-order valence-corrected chi connectivity index (χ0v) is 20.5. The molecular formula is C23H26Cl3N5. The summed E-state index contributed by atoms with van der Waals surface area (Å²) < 4.78 is 1.89. The highest BCUT2D eigenvalue weighted by molar-refractivity contribution is 6.35. The second-order valence-corrected chi connectivity index (χ2v) is 10.0. The average molecular weight is 479 g/mol. The lowest BCUT2D eigenvalue weighted by molar-refractivity contribution is 0.245. The fourth-order valence-corrected chi connectivity index (χ4v) is 4.07. The zero-order valence-electron chi connectivity index (χ0n) is 18.2. The Labute approximate surface area is 198 Å². The Morgan fingerprint density at radius 1 is 0.968 bits per heavy atom. The maximum absolute atomic E-state index is 6.37. The van der Waals surface area contributed by atoms with Gasteiger partial charge in [-0.05, 0) is 65.3 Å². The Morgan fingerprint density at radius 2 is 1.61 bits per heavy atom. The van der Waals surface area contributed by atoms with E-state index >= 15 is 0 Å². The van der Waals surface area contributed by atoms with Crippen LogP contribution in [0.5, 0.6) is 0 Å². The SMILES string of the molecule is CN(C)[C@H](c1ccc(Cl)cc1)c1nnnn1[C@@H](/C=C\c1ccc(Cl)cc1Cl)C(C)(C)C. The molecule has 0 bridgehead atoms. The Balaban J connectivity index is 2.05. The van der Waals surface area contributed by atoms with Gasteiger partial charge in [0.25, 0.3) is 0 Å². The van der Waals surface area contributed by atoms with E-state index < -0.39 is 0 Å². The van der Waals surface area contributed by atoms with Gasteiger partial charge in [0.05, 0.1) is 12.1 Å². The van der Waals surface area contributed by atoms with Gasteiger partial charge in [0.15, 0.2) is 5.82 Å². The third-order valence-corrected chi connectivity index (χ3v) is 5.85. The molecule has 0 spiro atoms. The summed E-state index contributed by atoms with van der Waals surface area (Å²) in [6, 6.07) is 13.0. The van der Waals surface area contributed by atoms with E-state index in [2.05, 4.69) is 47.3 Å². The summed E-state index contributed by atoms with van der Waals surface area (Å²) in [7, 11) is 4.02. The van der Waals surface area contributed by atoms with E-state index in [4.69, 9.17) is 34.8 Å². The summed E-state index contributed by atoms with van der Waals surface area (Å²) in [6.45, 7) is 6.47. The van der Waals surface area contributed by atoms with Gasteiger partial charge in [0, 0.05) is 15.1 Å². The molecule has 0 saturated carbocycles. The van der Waals surface area contributed by atoms with Crippen molar-refractivity contribution < 1.29 is 0 Å². The van der Waals surface area contributed by atoms with Crippen LogP contribution in [0.2, 0.25) is 15.1 Å². The third kappa shape index (κ3) is 5.66. The lowest BCUT2D eigenvalue weighted by atomic mass is 9.86. The molecular weight excluding hydrogens is 453 g/mol. The van der Waals surface area contributed by atoms with E-state index in [-0.39, 0.29) is 17.5 Å². The van der Waals surface area contributed by atoms with Crippen LogP contribution < -0.4 is 0 Å². The van der Waals surface area contributed by atoms with Gasteiger partial charge >= 0.3 is 0 Å². The number of hydrogen-bond acceptors (Lipinski definition) is 4. The topological polar surface area (TPSA) is 46.8 Å². The van der Waals surface area contributed by atoms with Crippen molar-refractivity contribution in [2.24, 2.45) is 5.41 Å². The lowest BCUT2D eigenvalue weighted by Gasteiger charge is -2.31. The minimum absolute atomic E-state index is 0.112. The number of allylic oxidation sites excluding steroid dienone is 1. The molecule has 31 heavy (non-hydrogen) atoms. The van der Waals surface area contributed by atoms with Crippen LogP contribution in [0.1, 0.15) is 49.8 Å². The molecule has 0 saturated heterocycles. The first kappa shape index (κ1) is 23.7. The molecule has 3 rings (SSSR count). The predicted molar refractivity (Wildman–Crippen MR) is 129 cm³/mol. The van der Waals surface area contributed by atoms with E-state index in [9.17, 15) is 0 Å². The second-order valence-electron chi connectivity index (χ2n) is 8.74. The van der Waals surface area contributed by atoms with Crippen LogP contribution in [0.25, 0.3) is 6.08 Å². The Bertz CT molecular complexity index is 1050. The minimum Gasteiger partial charge on any atom is -0.296 e. The van der Waals surface area contributed by atoms with Crippen molar-refractivity contribution in [3.63, 3.8) is 0 Å². The van der Waals surface area contributed by atoms with Gasteiger partial charge in [-0.2, -0.15) is 0 Å². The van der Waals surface area contributed by atoms with E-state index in [1.165, 1.54) is 0 Å². The molecule has 5 nitrogen and oxygen atoms in total. The van der Waals surface area contributed by atoms with Crippen LogP contribution in [0.4, 0.5) is 0 Å². The largest absolute Gasteiger partial charge is 0.296 e. The van der Waals surface area contributed by atoms with Crippen molar-refractivity contribution in [1.29, 1.82) is 0 Å². The third-order valence-electron chi connectivity index (χ3n) is 5.04. The molecule has 0 amide bonds. The monoisotopic (exact) mass is 477 g/mol. The van der Waals surface area contributed by atoms with Gasteiger partial charge in [-0.25, -0.2) is 4.68 Å². The quantitative estimate of drug-likeness (QED) is 0.401. The second kappa shape index (κ2) is 9.70. The van der Waals surface area contributed by atoms with Crippen LogP contribution >= 0.6 is 34.8 Å². The molecule has 0 radical (unpaired) electrons. The lowest BCUT2D eigenvalue weighted by Crippen LogP contribution is -2.30. The van der Waals surface area contributed by atoms with Crippen LogP contribution in [-0.2, 0) is 0 Å². The molecule has 0 aliphatic rings. The number of halogens is 3. The predicted octanol–water partition coefficient (Wildman–Crippen LogP) is 6.58. The summed E-state index contributed by atoms with van der Waals surface area (Å²) in [5.74, 6) is 0.749. The highest BCUT2D eigenvalue weighted by Gasteiger charge is 2.31. The first-order valence-corrected chi connectivity index (χ1v) is 11.0. The smallest absolute Gasteiger partial charge is 0.173 e. The molecule has 1 heterocycles. The van der Waals surface area contributed by atoms with Crippen molar-refractivity contribution >= 4 is 40.9 Å². The molecule has 0 fully saturated rings. The molecule has 8 heteroatoms. The highest BCUT2D eigenvalue weighted by Crippen LogP contribution is 2.36. The van der Waals surface area contributed by atoms with E-state index in [1.54, 1.807) is 6.07 Å². The molecule has 164 valence electrons. The van der Waals surface area contributed by atoms with Crippen LogP contribution in [-0.4, -0.2) is 39.2 Å². The number of hydrogen-bond donors (Lipinski definition) is 0. The Hall–Kier alpha value is -1.92. The van der Waals surface area contributed by atoms with Crippen molar-refractivity contribution in [3.05, 3.63) is 80.6 Å². The van der Waals surface area contributed by atoms with E-state index in [1.807, 2.05) is 61.3 Å². The molecule has 0 aliphatic heterocycles. The number of aromatic nitrogens is 4. The van der Waals surface area contributed by atoms with Gasteiger partial charge in [-0.3, -0.25) is 4.90 Å². The minimum atomic E-state index is -0.156. The van der Waals surface area contributed by atoms with Crippen molar-refractivity contribution in [3.8, 4) is 0 Å². The fourth-order valence-electron chi connectivity index (χ4n) is 3.47. The molecule has 1 aromatic heterocycles. The Morgan fingerprint density at radius 3 is 2.19 bits per heavy atom. The van der Waals surface area contributed by atoms with Gasteiger partial charge in [0.1, 0.15) is 0 Å². The maximum atomic E-state index is 6.37. The normalized spacial score (nSPS) is 14.4. The van der Waals surface area contributed by atoms with Gasteiger partial charge in [0.2, 0.25) is 0 Å². The van der Waals surface area contributed by atoms with Gasteiger partial charge in [-0.1, -0.05) is 85.9 Å². The standard InChI is InChI=1S/C23H26Cl3N5/c1-23(2,3)20(13-9-15-6-12-18(25)14-19(15)26)31-22(27-28-29-31)21(30(4)5)16-7-10-17(24)11-8-16/h6-14,20-21H,1-5H3/b13-9-/t20-,21+/m0/s1. The molecule has 0 N–H and O–H groups in total. The van der Waals surface area contributed by atoms with Crippen LogP contribution in [0, 0.1) is 5.41 Å². The number of benzene rings is 2. The summed E-state index contributed by atoms with van der Waals surface area (Å²) in [5, 5.41) is 14.7. The highest BCUT2D eigenvalue weighted by atomic mass is 35.5. The van der Waals surface area contributed by atoms with E-state index in [0.29, 0.717) is 15.1 Å². The molecule has 3 aromatic rings. The molecule has 0 aliphatic carbocycles. The number of rotatable bonds is 6. The van der Waals surface area contributed by atoms with Crippen molar-refractivity contribution in [2.45, 2.75) is 32.9 Å². The number of nitrogens with zero attached hydrogens (tertiary/aromatic N) is 5. The first-order valence-electron chi connectivity index (χ1n) is 9.91. The first-order chi connectivity index (χ1) is 14.6. The zero-order chi connectivity index (χ0) is 22.8.